The van der Waals surface area contributed by atoms with Crippen LogP contribution in [0.15, 0.2) is 78.9 Å². The number of ether oxygens (including phenoxy) is 1. The van der Waals surface area contributed by atoms with Crippen molar-refractivity contribution in [3.8, 4) is 5.75 Å². The van der Waals surface area contributed by atoms with Crippen LogP contribution in [0.4, 0.5) is 30.2 Å². The Balaban J connectivity index is 1.42. The summed E-state index contributed by atoms with van der Waals surface area (Å²) in [6.07, 6.45) is -0.676. The van der Waals surface area contributed by atoms with Crippen LogP contribution in [0.2, 0.25) is 0 Å². The van der Waals surface area contributed by atoms with Gasteiger partial charge in [-0.25, -0.2) is 0 Å². The summed E-state index contributed by atoms with van der Waals surface area (Å²) in [4.78, 5) is 26.8. The van der Waals surface area contributed by atoms with E-state index in [-0.39, 0.29) is 17.6 Å². The number of benzene rings is 3. The normalized spacial score (nSPS) is 19.6. The van der Waals surface area contributed by atoms with Crippen molar-refractivity contribution in [1.29, 1.82) is 0 Å². The SMILES string of the molecule is CN1CC(c2ccc(C=CC(=O)Nc3ccccc3N)cc2)C(C=O)(CNc2ccc(OC(F)(F)F)cc2)C1. The Morgan fingerprint density at radius 1 is 1.10 bits per heavy atom. The fourth-order valence-corrected chi connectivity index (χ4v) is 4.79. The fraction of sp³-hybridized carbons (Fsp3) is 0.241. The molecule has 0 bridgehead atoms. The van der Waals surface area contributed by atoms with E-state index in [4.69, 9.17) is 5.73 Å². The van der Waals surface area contributed by atoms with Gasteiger partial charge in [0, 0.05) is 37.3 Å². The second kappa shape index (κ2) is 11.6. The van der Waals surface area contributed by atoms with Crippen LogP contribution in [0.1, 0.15) is 17.0 Å². The van der Waals surface area contributed by atoms with Crippen molar-refractivity contribution in [3.63, 3.8) is 0 Å². The molecule has 1 saturated heterocycles. The Labute approximate surface area is 224 Å². The van der Waals surface area contributed by atoms with Gasteiger partial charge < -0.3 is 30.8 Å². The number of carbonyl (C=O) groups is 2. The van der Waals surface area contributed by atoms with E-state index in [9.17, 15) is 22.8 Å². The number of hydrogen-bond acceptors (Lipinski definition) is 6. The zero-order valence-corrected chi connectivity index (χ0v) is 21.2. The molecule has 2 atom stereocenters. The maximum Gasteiger partial charge on any atom is 0.573 e. The van der Waals surface area contributed by atoms with Gasteiger partial charge in [-0.15, -0.1) is 13.2 Å². The Morgan fingerprint density at radius 2 is 1.79 bits per heavy atom. The summed E-state index contributed by atoms with van der Waals surface area (Å²) in [6, 6.07) is 20.1. The number of halogens is 3. The van der Waals surface area contributed by atoms with E-state index in [1.807, 2.05) is 31.3 Å². The van der Waals surface area contributed by atoms with Crippen molar-refractivity contribution in [1.82, 2.24) is 4.90 Å². The van der Waals surface area contributed by atoms with Gasteiger partial charge in [0.25, 0.3) is 0 Å². The predicted molar refractivity (Wildman–Crippen MR) is 145 cm³/mol. The van der Waals surface area contributed by atoms with Gasteiger partial charge >= 0.3 is 6.36 Å². The number of hydrogen-bond donors (Lipinski definition) is 3. The number of aldehydes is 1. The quantitative estimate of drug-likeness (QED) is 0.198. The standard InChI is InChI=1S/C29H29F3N4O3/c1-36-16-24(28(18-36,19-37)17-34-22-11-13-23(14-12-22)39-29(30,31)32)21-9-6-20(7-10-21)8-15-27(38)35-26-5-3-2-4-25(26)33/h2-15,19,24,34H,16-18,33H2,1H3,(H,35,38). The molecule has 4 rings (SSSR count). The zero-order valence-electron chi connectivity index (χ0n) is 21.2. The number of likely N-dealkylation sites (N-methyl/N-ethyl adjacent to an activating group) is 1. The lowest BCUT2D eigenvalue weighted by atomic mass is 9.75. The van der Waals surface area contributed by atoms with Gasteiger partial charge in [0.1, 0.15) is 12.0 Å². The van der Waals surface area contributed by atoms with Crippen LogP contribution < -0.4 is 21.1 Å². The third-order valence-electron chi connectivity index (χ3n) is 6.68. The Kier molecular flexibility index (Phi) is 8.25. The first-order valence-electron chi connectivity index (χ1n) is 12.2. The molecule has 1 aliphatic rings. The van der Waals surface area contributed by atoms with Crippen molar-refractivity contribution in [2.75, 3.05) is 43.0 Å². The van der Waals surface area contributed by atoms with Gasteiger partial charge in [-0.2, -0.15) is 0 Å². The molecular weight excluding hydrogens is 509 g/mol. The van der Waals surface area contributed by atoms with E-state index in [0.29, 0.717) is 36.7 Å². The highest BCUT2D eigenvalue weighted by Gasteiger charge is 2.46. The maximum atomic E-state index is 12.4. The lowest BCUT2D eigenvalue weighted by Crippen LogP contribution is -2.38. The summed E-state index contributed by atoms with van der Waals surface area (Å²) >= 11 is 0. The summed E-state index contributed by atoms with van der Waals surface area (Å²) in [6.45, 7) is 1.48. The van der Waals surface area contributed by atoms with Crippen LogP contribution in [0, 0.1) is 5.41 Å². The van der Waals surface area contributed by atoms with E-state index in [2.05, 4.69) is 20.3 Å². The molecule has 1 fully saturated rings. The first kappa shape index (κ1) is 27.7. The number of nitrogens with two attached hydrogens (primary N) is 1. The number of nitrogens with zero attached hydrogens (tertiary/aromatic N) is 1. The molecule has 3 aromatic rings. The van der Waals surface area contributed by atoms with Crippen molar-refractivity contribution in [3.05, 3.63) is 90.0 Å². The van der Waals surface area contributed by atoms with Gasteiger partial charge in [0.2, 0.25) is 5.91 Å². The van der Waals surface area contributed by atoms with Crippen LogP contribution in [0.5, 0.6) is 5.75 Å². The molecule has 1 heterocycles. The summed E-state index contributed by atoms with van der Waals surface area (Å²) in [5.41, 5.74) is 8.50. The number of nitrogen functional groups attached to an aromatic ring is 1. The Morgan fingerprint density at radius 3 is 2.44 bits per heavy atom. The van der Waals surface area contributed by atoms with Crippen LogP contribution in [-0.4, -0.2) is 50.1 Å². The molecule has 1 aliphatic heterocycles. The molecule has 0 aromatic heterocycles. The lowest BCUT2D eigenvalue weighted by Gasteiger charge is -2.30. The van der Waals surface area contributed by atoms with E-state index in [0.717, 1.165) is 17.4 Å². The van der Waals surface area contributed by atoms with Crippen molar-refractivity contribution in [2.45, 2.75) is 12.3 Å². The molecule has 2 unspecified atom stereocenters. The first-order valence-corrected chi connectivity index (χ1v) is 12.2. The van der Waals surface area contributed by atoms with E-state index in [1.54, 1.807) is 30.3 Å². The van der Waals surface area contributed by atoms with Gasteiger partial charge in [-0.1, -0.05) is 36.4 Å². The molecule has 10 heteroatoms. The van der Waals surface area contributed by atoms with Crippen molar-refractivity contribution >= 4 is 35.3 Å². The van der Waals surface area contributed by atoms with Crippen molar-refractivity contribution < 1.29 is 27.5 Å². The second-order valence-corrected chi connectivity index (χ2v) is 9.60. The monoisotopic (exact) mass is 538 g/mol. The van der Waals surface area contributed by atoms with E-state index < -0.39 is 11.8 Å². The highest BCUT2D eigenvalue weighted by molar-refractivity contribution is 6.03. The number of rotatable bonds is 9. The minimum absolute atomic E-state index is 0.109. The lowest BCUT2D eigenvalue weighted by molar-refractivity contribution is -0.274. The summed E-state index contributed by atoms with van der Waals surface area (Å²) in [7, 11) is 1.94. The van der Waals surface area contributed by atoms with Crippen LogP contribution in [-0.2, 0) is 9.59 Å². The number of likely N-dealkylation sites (tertiary alicyclic amines) is 1. The molecule has 3 aromatic carbocycles. The van der Waals surface area contributed by atoms with Crippen LogP contribution in [0.25, 0.3) is 6.08 Å². The average molecular weight is 539 g/mol. The summed E-state index contributed by atoms with van der Waals surface area (Å²) in [5.74, 6) is -0.728. The fourth-order valence-electron chi connectivity index (χ4n) is 4.79. The highest BCUT2D eigenvalue weighted by atomic mass is 19.4. The smallest absolute Gasteiger partial charge is 0.406 e. The number of alkyl halides is 3. The third-order valence-corrected chi connectivity index (χ3v) is 6.68. The van der Waals surface area contributed by atoms with E-state index >= 15 is 0 Å². The molecule has 0 spiro atoms. The van der Waals surface area contributed by atoms with Gasteiger partial charge in [-0.3, -0.25) is 4.79 Å². The molecule has 0 aliphatic carbocycles. The molecule has 1 amide bonds. The topological polar surface area (TPSA) is 96.7 Å². The predicted octanol–water partition coefficient (Wildman–Crippen LogP) is 5.15. The maximum absolute atomic E-state index is 12.4. The van der Waals surface area contributed by atoms with Crippen molar-refractivity contribution in [2.24, 2.45) is 5.41 Å². The number of amides is 1. The van der Waals surface area contributed by atoms with Crippen LogP contribution >= 0.6 is 0 Å². The molecule has 4 N–H and O–H groups in total. The second-order valence-electron chi connectivity index (χ2n) is 9.60. The summed E-state index contributed by atoms with van der Waals surface area (Å²) in [5, 5.41) is 5.94. The Bertz CT molecular complexity index is 1330. The first-order chi connectivity index (χ1) is 18.6. The number of para-hydroxylation sites is 2. The molecule has 0 saturated carbocycles. The molecule has 7 nitrogen and oxygen atoms in total. The third kappa shape index (κ3) is 7.17. The van der Waals surface area contributed by atoms with Crippen LogP contribution in [0.3, 0.4) is 0 Å². The summed E-state index contributed by atoms with van der Waals surface area (Å²) < 4.78 is 41.2. The molecule has 204 valence electrons. The minimum Gasteiger partial charge on any atom is -0.406 e. The molecular formula is C29H29F3N4O3. The average Bonchev–Trinajstić information content (AvgIpc) is 3.24. The number of carbonyl (C=O) groups excluding carboxylic acids is 2. The number of anilines is 3. The molecule has 39 heavy (non-hydrogen) atoms. The largest absolute Gasteiger partial charge is 0.573 e. The van der Waals surface area contributed by atoms with Gasteiger partial charge in [0.15, 0.2) is 0 Å². The van der Waals surface area contributed by atoms with Gasteiger partial charge in [-0.05, 0) is 60.6 Å². The molecule has 0 radical (unpaired) electrons. The number of nitrogens with one attached hydrogen (secondary N) is 2. The minimum atomic E-state index is -4.76. The van der Waals surface area contributed by atoms with Gasteiger partial charge in [0.05, 0.1) is 16.8 Å². The Hall–Kier alpha value is -4.31. The highest BCUT2D eigenvalue weighted by Crippen LogP contribution is 2.41. The zero-order chi connectivity index (χ0) is 28.0. The van der Waals surface area contributed by atoms with E-state index in [1.165, 1.54) is 30.3 Å².